The molecule has 1 aliphatic heterocycles. The highest BCUT2D eigenvalue weighted by Gasteiger charge is 2.28. The molecular weight excluding hydrogens is 501 g/mol. The van der Waals surface area contributed by atoms with Gasteiger partial charge >= 0.3 is 0 Å². The number of halogens is 1. The second-order valence-electron chi connectivity index (χ2n) is 7.25. The van der Waals surface area contributed by atoms with Crippen molar-refractivity contribution in [3.63, 3.8) is 0 Å². The molecule has 3 rings (SSSR count). The lowest BCUT2D eigenvalue weighted by Gasteiger charge is -2.39. The summed E-state index contributed by atoms with van der Waals surface area (Å²) in [5.41, 5.74) is 0. The number of likely N-dealkylation sites (tertiary alicyclic amines) is 1. The maximum absolute atomic E-state index is 12.4. The van der Waals surface area contributed by atoms with Crippen LogP contribution in [0, 0.1) is 5.92 Å². The van der Waals surface area contributed by atoms with Crippen molar-refractivity contribution in [3.05, 3.63) is 49.1 Å². The van der Waals surface area contributed by atoms with E-state index in [9.17, 15) is 8.42 Å². The highest BCUT2D eigenvalue weighted by Crippen LogP contribution is 2.27. The molecule has 1 N–H and O–H groups in total. The zero-order chi connectivity index (χ0) is 20.0. The van der Waals surface area contributed by atoms with Gasteiger partial charge in [-0.1, -0.05) is 25.1 Å². The number of guanidine groups is 1. The van der Waals surface area contributed by atoms with Gasteiger partial charge in [0.1, 0.15) is 0 Å². The molecule has 0 aliphatic carbocycles. The quantitative estimate of drug-likeness (QED) is 0.269. The van der Waals surface area contributed by atoms with Crippen LogP contribution in [-0.2, 0) is 9.84 Å². The predicted octanol–water partition coefficient (Wildman–Crippen LogP) is 2.82. The van der Waals surface area contributed by atoms with Crippen molar-refractivity contribution in [2.24, 2.45) is 10.9 Å². The van der Waals surface area contributed by atoms with Crippen LogP contribution in [0.4, 0.5) is 0 Å². The van der Waals surface area contributed by atoms with Crippen molar-refractivity contribution in [2.45, 2.75) is 30.7 Å². The monoisotopic (exact) mass is 531 g/mol. The van der Waals surface area contributed by atoms with Gasteiger partial charge < -0.3 is 14.8 Å². The molecule has 2 heterocycles. The van der Waals surface area contributed by atoms with Crippen LogP contribution in [0.1, 0.15) is 25.8 Å². The van der Waals surface area contributed by atoms with E-state index in [2.05, 4.69) is 31.7 Å². The Labute approximate surface area is 190 Å². The van der Waals surface area contributed by atoms with Crippen molar-refractivity contribution < 1.29 is 8.42 Å². The molecule has 1 aromatic heterocycles. The van der Waals surface area contributed by atoms with Gasteiger partial charge in [-0.3, -0.25) is 4.99 Å². The van der Waals surface area contributed by atoms with E-state index in [0.29, 0.717) is 29.8 Å². The molecule has 0 radical (unpaired) electrons. The molecule has 1 saturated heterocycles. The van der Waals surface area contributed by atoms with E-state index in [1.165, 1.54) is 0 Å². The van der Waals surface area contributed by atoms with Crippen LogP contribution in [0.5, 0.6) is 0 Å². The molecule has 160 valence electrons. The summed E-state index contributed by atoms with van der Waals surface area (Å²) in [6.07, 6.45) is 7.30. The molecule has 2 atom stereocenters. The normalized spacial score (nSPS) is 20.2. The molecular formula is C20H30IN5O2S. The number of piperidine rings is 1. The number of rotatable bonds is 6. The summed E-state index contributed by atoms with van der Waals surface area (Å²) in [7, 11) is -1.47. The van der Waals surface area contributed by atoms with Crippen LogP contribution in [0.3, 0.4) is 0 Å². The van der Waals surface area contributed by atoms with Gasteiger partial charge in [-0.15, -0.1) is 24.0 Å². The number of imidazole rings is 1. The lowest BCUT2D eigenvalue weighted by molar-refractivity contribution is 0.189. The largest absolute Gasteiger partial charge is 0.356 e. The third-order valence-corrected chi connectivity index (χ3v) is 7.13. The number of aromatic nitrogens is 2. The highest BCUT2D eigenvalue weighted by molar-refractivity contribution is 14.0. The number of nitrogens with one attached hydrogen (secondary N) is 1. The third kappa shape index (κ3) is 6.18. The first-order chi connectivity index (χ1) is 13.5. The Morgan fingerprint density at radius 1 is 1.31 bits per heavy atom. The average molecular weight is 531 g/mol. The first-order valence-corrected chi connectivity index (χ1v) is 11.4. The molecule has 2 unspecified atom stereocenters. The molecule has 7 nitrogen and oxygen atoms in total. The summed E-state index contributed by atoms with van der Waals surface area (Å²) in [5.74, 6) is 1.52. The summed E-state index contributed by atoms with van der Waals surface area (Å²) >= 11 is 0. The zero-order valence-corrected chi connectivity index (χ0v) is 20.1. The first kappa shape index (κ1) is 23.7. The molecule has 0 saturated carbocycles. The van der Waals surface area contributed by atoms with Crippen LogP contribution in [0.25, 0.3) is 0 Å². The van der Waals surface area contributed by atoms with E-state index in [0.717, 1.165) is 25.5 Å². The van der Waals surface area contributed by atoms with E-state index in [1.54, 1.807) is 31.3 Å². The first-order valence-electron chi connectivity index (χ1n) is 9.72. The molecule has 0 spiro atoms. The van der Waals surface area contributed by atoms with Crippen molar-refractivity contribution in [1.29, 1.82) is 0 Å². The number of benzene rings is 1. The number of nitrogens with zero attached hydrogens (tertiary/aromatic N) is 4. The number of hydrogen-bond acceptors (Lipinski definition) is 4. The SMILES string of the molecule is CN=C(NCCCS(=O)(=O)c1ccccc1)N1CCC(C)C(n2ccnc2)C1.I. The van der Waals surface area contributed by atoms with Crippen molar-refractivity contribution in [1.82, 2.24) is 19.8 Å². The van der Waals surface area contributed by atoms with Crippen LogP contribution in [0.15, 0.2) is 58.9 Å². The van der Waals surface area contributed by atoms with Gasteiger partial charge in [0.05, 0.1) is 23.0 Å². The van der Waals surface area contributed by atoms with E-state index < -0.39 is 9.84 Å². The molecule has 1 fully saturated rings. The Morgan fingerprint density at radius 3 is 2.72 bits per heavy atom. The summed E-state index contributed by atoms with van der Waals surface area (Å²) in [6.45, 7) is 4.64. The summed E-state index contributed by atoms with van der Waals surface area (Å²) in [6, 6.07) is 8.97. The van der Waals surface area contributed by atoms with Gasteiger partial charge in [0.25, 0.3) is 0 Å². The maximum atomic E-state index is 12.4. The van der Waals surface area contributed by atoms with Crippen molar-refractivity contribution in [2.75, 3.05) is 32.4 Å². The van der Waals surface area contributed by atoms with E-state index >= 15 is 0 Å². The van der Waals surface area contributed by atoms with Gasteiger partial charge in [-0.05, 0) is 30.9 Å². The fraction of sp³-hybridized carbons (Fsp3) is 0.500. The fourth-order valence-corrected chi connectivity index (χ4v) is 4.97. The smallest absolute Gasteiger partial charge is 0.193 e. The highest BCUT2D eigenvalue weighted by atomic mass is 127. The van der Waals surface area contributed by atoms with Gasteiger partial charge in [-0.2, -0.15) is 0 Å². The van der Waals surface area contributed by atoms with E-state index in [4.69, 9.17) is 0 Å². The van der Waals surface area contributed by atoms with Gasteiger partial charge in [-0.25, -0.2) is 13.4 Å². The molecule has 0 amide bonds. The molecule has 1 aromatic carbocycles. The Morgan fingerprint density at radius 2 is 2.07 bits per heavy atom. The van der Waals surface area contributed by atoms with Crippen LogP contribution in [-0.4, -0.2) is 61.3 Å². The zero-order valence-electron chi connectivity index (χ0n) is 16.9. The average Bonchev–Trinajstić information content (AvgIpc) is 3.24. The van der Waals surface area contributed by atoms with E-state index in [-0.39, 0.29) is 29.7 Å². The second kappa shape index (κ2) is 11.0. The van der Waals surface area contributed by atoms with Gasteiger partial charge in [0.15, 0.2) is 15.8 Å². The molecule has 2 aromatic rings. The van der Waals surface area contributed by atoms with Gasteiger partial charge in [0, 0.05) is 39.1 Å². The maximum Gasteiger partial charge on any atom is 0.193 e. The third-order valence-electron chi connectivity index (χ3n) is 5.31. The number of sulfone groups is 1. The fourth-order valence-electron chi connectivity index (χ4n) is 3.64. The number of aliphatic imine (C=N–C) groups is 1. The standard InChI is InChI=1S/C20H29N5O2S.HI/c1-17-9-12-24(15-19(17)25-13-11-22-16-25)20(21-2)23-10-6-14-28(26,27)18-7-4-3-5-8-18;/h3-5,7-8,11,13,16-17,19H,6,9-10,12,14-15H2,1-2H3,(H,21,23);1H. The molecule has 1 aliphatic rings. The van der Waals surface area contributed by atoms with E-state index in [1.807, 2.05) is 24.8 Å². The van der Waals surface area contributed by atoms with Crippen molar-refractivity contribution in [3.8, 4) is 0 Å². The minimum Gasteiger partial charge on any atom is -0.356 e. The summed E-state index contributed by atoms with van der Waals surface area (Å²) in [4.78, 5) is 11.2. The predicted molar refractivity (Wildman–Crippen MR) is 127 cm³/mol. The Balaban J connectivity index is 0.00000300. The Kier molecular flexibility index (Phi) is 8.94. The summed E-state index contributed by atoms with van der Waals surface area (Å²) < 4.78 is 26.9. The van der Waals surface area contributed by atoms with Gasteiger partial charge in [0.2, 0.25) is 0 Å². The lowest BCUT2D eigenvalue weighted by Crippen LogP contribution is -2.49. The topological polar surface area (TPSA) is 79.6 Å². The lowest BCUT2D eigenvalue weighted by atomic mass is 9.93. The minimum absolute atomic E-state index is 0. The molecule has 9 heteroatoms. The molecule has 0 bridgehead atoms. The Hall–Kier alpha value is -1.62. The number of hydrogen-bond donors (Lipinski definition) is 1. The van der Waals surface area contributed by atoms with Crippen LogP contribution >= 0.6 is 24.0 Å². The van der Waals surface area contributed by atoms with Crippen LogP contribution < -0.4 is 5.32 Å². The molecule has 29 heavy (non-hydrogen) atoms. The van der Waals surface area contributed by atoms with Crippen molar-refractivity contribution >= 4 is 39.8 Å². The summed E-state index contributed by atoms with van der Waals surface area (Å²) in [5, 5.41) is 3.33. The second-order valence-corrected chi connectivity index (χ2v) is 9.36. The van der Waals surface area contributed by atoms with Crippen LogP contribution in [0.2, 0.25) is 0 Å². The minimum atomic E-state index is -3.24. The Bertz CT molecular complexity index is 872.